The average molecular weight is 750 g/mol. The van der Waals surface area contributed by atoms with E-state index >= 15 is 0 Å². The van der Waals surface area contributed by atoms with Gasteiger partial charge in [0.05, 0.1) is 0 Å². The lowest BCUT2D eigenvalue weighted by Crippen LogP contribution is -2.00. The number of fused-ring (bicyclic) bond motifs is 6. The van der Waals surface area contributed by atoms with Crippen molar-refractivity contribution in [3.05, 3.63) is 188 Å². The summed E-state index contributed by atoms with van der Waals surface area (Å²) >= 11 is 3.68. The van der Waals surface area contributed by atoms with Crippen LogP contribution in [0.1, 0.15) is 0 Å². The Morgan fingerprint density at radius 2 is 0.786 bits per heavy atom. The molecule has 0 spiro atoms. The molecule has 11 aromatic rings. The number of benzene rings is 8. The molecule has 0 bridgehead atoms. The van der Waals surface area contributed by atoms with Gasteiger partial charge in [0.15, 0.2) is 17.5 Å². The van der Waals surface area contributed by atoms with Crippen molar-refractivity contribution in [3.63, 3.8) is 0 Å². The summed E-state index contributed by atoms with van der Waals surface area (Å²) in [5, 5.41) is 5.01. The van der Waals surface area contributed by atoms with Crippen molar-refractivity contribution in [2.45, 2.75) is 0 Å². The lowest BCUT2D eigenvalue weighted by atomic mass is 9.93. The molecular formula is C51H31N3S2. The van der Waals surface area contributed by atoms with Gasteiger partial charge in [0.2, 0.25) is 0 Å². The van der Waals surface area contributed by atoms with Crippen molar-refractivity contribution < 1.29 is 0 Å². The third-order valence-corrected chi connectivity index (χ3v) is 13.0. The van der Waals surface area contributed by atoms with Gasteiger partial charge in [0, 0.05) is 62.6 Å². The van der Waals surface area contributed by atoms with Gasteiger partial charge in [-0.1, -0.05) is 146 Å². The van der Waals surface area contributed by atoms with E-state index in [1.54, 1.807) is 11.3 Å². The minimum atomic E-state index is 0.663. The molecule has 0 unspecified atom stereocenters. The van der Waals surface area contributed by atoms with Gasteiger partial charge < -0.3 is 0 Å². The molecule has 5 heteroatoms. The highest BCUT2D eigenvalue weighted by Gasteiger charge is 2.18. The summed E-state index contributed by atoms with van der Waals surface area (Å²) in [7, 11) is 0. The van der Waals surface area contributed by atoms with Gasteiger partial charge >= 0.3 is 0 Å². The Morgan fingerprint density at radius 3 is 1.52 bits per heavy atom. The molecule has 0 radical (unpaired) electrons. The molecule has 3 aromatic heterocycles. The zero-order valence-corrected chi connectivity index (χ0v) is 31.7. The molecule has 8 aromatic carbocycles. The first-order valence-corrected chi connectivity index (χ1v) is 20.3. The van der Waals surface area contributed by atoms with Crippen LogP contribution in [0.4, 0.5) is 0 Å². The van der Waals surface area contributed by atoms with Crippen molar-refractivity contribution in [1.82, 2.24) is 15.0 Å². The van der Waals surface area contributed by atoms with E-state index < -0.39 is 0 Å². The lowest BCUT2D eigenvalue weighted by Gasteiger charge is -2.11. The van der Waals surface area contributed by atoms with Gasteiger partial charge in [-0.3, -0.25) is 0 Å². The summed E-state index contributed by atoms with van der Waals surface area (Å²) < 4.78 is 5.02. The number of nitrogens with zero attached hydrogens (tertiary/aromatic N) is 3. The van der Waals surface area contributed by atoms with E-state index in [9.17, 15) is 0 Å². The molecular weight excluding hydrogens is 719 g/mol. The zero-order chi connectivity index (χ0) is 37.0. The summed E-state index contributed by atoms with van der Waals surface area (Å²) in [6, 6.07) is 67.0. The van der Waals surface area contributed by atoms with Crippen LogP contribution >= 0.6 is 22.7 Å². The van der Waals surface area contributed by atoms with Gasteiger partial charge in [0.25, 0.3) is 0 Å². The number of hydrogen-bond donors (Lipinski definition) is 0. The molecule has 0 saturated heterocycles. The van der Waals surface area contributed by atoms with Crippen LogP contribution in [-0.2, 0) is 0 Å². The third-order valence-electron chi connectivity index (χ3n) is 10.5. The fourth-order valence-corrected chi connectivity index (χ4v) is 10.2. The second-order valence-electron chi connectivity index (χ2n) is 14.0. The SMILES string of the molecule is c1ccc(-c2cccc(-c3cc(-c4ccc5sc6c(-c7nc(-c8ccccc8)nc(-c8ccccc8)n7)cccc6c5c4)cc4c3sc3ccccc34)c2)cc1. The van der Waals surface area contributed by atoms with E-state index in [0.29, 0.717) is 17.5 Å². The van der Waals surface area contributed by atoms with Crippen LogP contribution in [0, 0.1) is 0 Å². The summed E-state index contributed by atoms with van der Waals surface area (Å²) in [5.74, 6) is 2.00. The van der Waals surface area contributed by atoms with E-state index in [4.69, 9.17) is 15.0 Å². The Balaban J connectivity index is 1.08. The molecule has 11 rings (SSSR count). The lowest BCUT2D eigenvalue weighted by molar-refractivity contribution is 1.08. The first-order chi connectivity index (χ1) is 27.7. The Morgan fingerprint density at radius 1 is 0.268 bits per heavy atom. The number of thiophene rings is 2. The molecule has 0 atom stereocenters. The Labute approximate surface area is 331 Å². The fourth-order valence-electron chi connectivity index (χ4n) is 7.79. The summed E-state index contributed by atoms with van der Waals surface area (Å²) in [5.41, 5.74) is 10.2. The van der Waals surface area contributed by atoms with Crippen molar-refractivity contribution in [1.29, 1.82) is 0 Å². The molecule has 56 heavy (non-hydrogen) atoms. The smallest absolute Gasteiger partial charge is 0.165 e. The zero-order valence-electron chi connectivity index (χ0n) is 30.1. The Hall–Kier alpha value is -6.79. The molecule has 0 saturated carbocycles. The maximum atomic E-state index is 5.08. The molecule has 0 aliphatic rings. The molecule has 262 valence electrons. The highest BCUT2D eigenvalue weighted by atomic mass is 32.1. The standard InChI is InChI=1S/C51H31N3S2/c1-4-14-32(15-5-1)35-20-12-21-37(28-35)42-30-38(31-44-39-22-10-11-25-45(39)55-48(42)44)36-26-27-46-43(29-36)40-23-13-24-41(47(40)56-46)51-53-49(33-16-6-2-7-17-33)52-50(54-51)34-18-8-3-9-19-34/h1-31H. The predicted molar refractivity (Wildman–Crippen MR) is 238 cm³/mol. The number of aromatic nitrogens is 3. The molecule has 0 aliphatic heterocycles. The van der Waals surface area contributed by atoms with Gasteiger partial charge in [0.1, 0.15) is 0 Å². The normalized spacial score (nSPS) is 11.6. The van der Waals surface area contributed by atoms with E-state index in [-0.39, 0.29) is 0 Å². The van der Waals surface area contributed by atoms with Gasteiger partial charge in [-0.05, 0) is 70.3 Å². The van der Waals surface area contributed by atoms with Crippen LogP contribution in [0.5, 0.6) is 0 Å². The summed E-state index contributed by atoms with van der Waals surface area (Å²) in [6.07, 6.45) is 0. The maximum absolute atomic E-state index is 5.08. The highest BCUT2D eigenvalue weighted by Crippen LogP contribution is 2.45. The van der Waals surface area contributed by atoms with Crippen molar-refractivity contribution in [3.8, 4) is 67.5 Å². The van der Waals surface area contributed by atoms with Crippen LogP contribution in [-0.4, -0.2) is 15.0 Å². The fraction of sp³-hybridized carbons (Fsp3) is 0. The van der Waals surface area contributed by atoms with Crippen LogP contribution in [0.3, 0.4) is 0 Å². The first-order valence-electron chi connectivity index (χ1n) is 18.7. The minimum absolute atomic E-state index is 0.663. The van der Waals surface area contributed by atoms with Crippen molar-refractivity contribution in [2.75, 3.05) is 0 Å². The van der Waals surface area contributed by atoms with E-state index in [0.717, 1.165) is 16.7 Å². The highest BCUT2D eigenvalue weighted by molar-refractivity contribution is 7.26. The Bertz CT molecular complexity index is 3180. The first kappa shape index (κ1) is 32.6. The summed E-state index contributed by atoms with van der Waals surface area (Å²) in [6.45, 7) is 0. The van der Waals surface area contributed by atoms with E-state index in [2.05, 4.69) is 152 Å². The van der Waals surface area contributed by atoms with Gasteiger partial charge in [-0.25, -0.2) is 15.0 Å². The van der Waals surface area contributed by atoms with Gasteiger partial charge in [-0.15, -0.1) is 22.7 Å². The van der Waals surface area contributed by atoms with Crippen molar-refractivity contribution in [2.24, 2.45) is 0 Å². The van der Waals surface area contributed by atoms with Crippen molar-refractivity contribution >= 4 is 63.0 Å². The van der Waals surface area contributed by atoms with Gasteiger partial charge in [-0.2, -0.15) is 0 Å². The molecule has 0 aliphatic carbocycles. The minimum Gasteiger partial charge on any atom is -0.208 e. The quantitative estimate of drug-likeness (QED) is 0.170. The van der Waals surface area contributed by atoms with E-state index in [1.807, 2.05) is 47.7 Å². The van der Waals surface area contributed by atoms with Crippen LogP contribution in [0.2, 0.25) is 0 Å². The number of hydrogen-bond acceptors (Lipinski definition) is 5. The molecule has 3 heterocycles. The molecule has 0 N–H and O–H groups in total. The van der Waals surface area contributed by atoms with E-state index in [1.165, 1.54) is 73.7 Å². The Kier molecular flexibility index (Phi) is 7.87. The average Bonchev–Trinajstić information content (AvgIpc) is 3.85. The third kappa shape index (κ3) is 5.68. The maximum Gasteiger partial charge on any atom is 0.165 e. The second kappa shape index (κ2) is 13.5. The molecule has 3 nitrogen and oxygen atoms in total. The monoisotopic (exact) mass is 749 g/mol. The molecule has 0 amide bonds. The topological polar surface area (TPSA) is 38.7 Å². The number of rotatable bonds is 6. The van der Waals surface area contributed by atoms with Crippen LogP contribution in [0.15, 0.2) is 188 Å². The summed E-state index contributed by atoms with van der Waals surface area (Å²) in [4.78, 5) is 15.1. The van der Waals surface area contributed by atoms with Crippen LogP contribution in [0.25, 0.3) is 108 Å². The predicted octanol–water partition coefficient (Wildman–Crippen LogP) is 14.6. The second-order valence-corrected chi connectivity index (χ2v) is 16.1. The molecule has 0 fully saturated rings. The van der Waals surface area contributed by atoms with Crippen LogP contribution < -0.4 is 0 Å². The largest absolute Gasteiger partial charge is 0.208 e.